The Labute approximate surface area is 276 Å². The standard InChI is InChI=1S/C37H54N2O2S.BrH/c1-6-7-8-9-10-11-12-13-14-15-16-19-24-41-35-26-33(37(3,4)5)23-22-31(35)25-36(40)38-34-21-18-17-20-32(34)28-39-27-30(2)42-29-39;/h17-18,20-23,26-27,29H,6-16,19,24-25,28H2,1-5H3;1H. The number of anilines is 1. The Hall–Kier alpha value is -2.18. The second-order valence-electron chi connectivity index (χ2n) is 12.8. The van der Waals surface area contributed by atoms with Gasteiger partial charge in [0.1, 0.15) is 5.75 Å². The van der Waals surface area contributed by atoms with Crippen LogP contribution >= 0.6 is 11.3 Å². The normalized spacial score (nSPS) is 11.3. The molecule has 3 rings (SSSR count). The van der Waals surface area contributed by atoms with Gasteiger partial charge >= 0.3 is 0 Å². The molecule has 1 amide bonds. The van der Waals surface area contributed by atoms with Crippen molar-refractivity contribution in [1.82, 2.24) is 0 Å². The van der Waals surface area contributed by atoms with Crippen LogP contribution in [0.2, 0.25) is 0 Å². The summed E-state index contributed by atoms with van der Waals surface area (Å²) in [7, 11) is 0. The third-order valence-corrected chi connectivity index (χ3v) is 8.76. The Morgan fingerprint density at radius 2 is 1.49 bits per heavy atom. The van der Waals surface area contributed by atoms with Gasteiger partial charge in [-0.3, -0.25) is 4.79 Å². The van der Waals surface area contributed by atoms with Gasteiger partial charge in [0.2, 0.25) is 11.4 Å². The molecule has 1 heterocycles. The van der Waals surface area contributed by atoms with Crippen LogP contribution in [0.25, 0.3) is 0 Å². The number of nitrogens with zero attached hydrogens (tertiary/aromatic N) is 1. The Bertz CT molecular complexity index is 1220. The average molecular weight is 672 g/mol. The number of carbonyl (C=O) groups excluding carboxylic acids is 1. The van der Waals surface area contributed by atoms with E-state index in [1.54, 1.807) is 11.3 Å². The fraction of sp³-hybridized carbons (Fsp3) is 0.568. The number of unbranched alkanes of at least 4 members (excludes halogenated alkanes) is 11. The van der Waals surface area contributed by atoms with Crippen molar-refractivity contribution in [2.24, 2.45) is 0 Å². The monoisotopic (exact) mass is 670 g/mol. The summed E-state index contributed by atoms with van der Waals surface area (Å²) in [6.07, 6.45) is 18.3. The van der Waals surface area contributed by atoms with Crippen molar-refractivity contribution in [1.29, 1.82) is 0 Å². The molecule has 0 radical (unpaired) electrons. The molecule has 0 atom stereocenters. The lowest BCUT2D eigenvalue weighted by Crippen LogP contribution is -3.00. The van der Waals surface area contributed by atoms with Crippen LogP contribution in [0.1, 0.15) is 126 Å². The van der Waals surface area contributed by atoms with Crippen LogP contribution in [0.4, 0.5) is 5.69 Å². The number of ether oxygens (including phenoxy) is 1. The number of thiazole rings is 1. The highest BCUT2D eigenvalue weighted by Crippen LogP contribution is 2.30. The first kappa shape index (κ1) is 37.0. The molecule has 0 aliphatic rings. The number of rotatable bonds is 19. The van der Waals surface area contributed by atoms with Crippen LogP contribution in [0, 0.1) is 6.92 Å². The molecule has 0 saturated heterocycles. The molecule has 0 aliphatic carbocycles. The van der Waals surface area contributed by atoms with Crippen LogP contribution in [0.5, 0.6) is 5.75 Å². The number of hydrogen-bond donors (Lipinski definition) is 1. The fourth-order valence-electron chi connectivity index (χ4n) is 5.30. The van der Waals surface area contributed by atoms with E-state index in [0.29, 0.717) is 6.61 Å². The number of halogens is 1. The zero-order valence-electron chi connectivity index (χ0n) is 27.4. The van der Waals surface area contributed by atoms with Gasteiger partial charge in [0.25, 0.3) is 0 Å². The van der Waals surface area contributed by atoms with Crippen LogP contribution < -0.4 is 31.6 Å². The Morgan fingerprint density at radius 3 is 2.09 bits per heavy atom. The molecule has 1 aromatic heterocycles. The van der Waals surface area contributed by atoms with Gasteiger partial charge in [-0.25, -0.2) is 0 Å². The van der Waals surface area contributed by atoms with Crippen molar-refractivity contribution in [2.45, 2.75) is 130 Å². The first-order valence-electron chi connectivity index (χ1n) is 16.3. The van der Waals surface area contributed by atoms with Crippen molar-refractivity contribution in [2.75, 3.05) is 11.9 Å². The van der Waals surface area contributed by atoms with Gasteiger partial charge in [-0.05, 0) is 36.5 Å². The molecule has 0 fully saturated rings. The minimum absolute atomic E-state index is 0. The van der Waals surface area contributed by atoms with Gasteiger partial charge < -0.3 is 27.0 Å². The van der Waals surface area contributed by atoms with Crippen LogP contribution in [0.15, 0.2) is 54.2 Å². The molecule has 1 N–H and O–H groups in total. The lowest BCUT2D eigenvalue weighted by molar-refractivity contribution is -0.683. The van der Waals surface area contributed by atoms with Crippen molar-refractivity contribution >= 4 is 22.9 Å². The number of para-hydroxylation sites is 1. The molecular weight excluding hydrogens is 616 g/mol. The number of aromatic nitrogens is 1. The molecular formula is C37H55BrN2O2S. The molecule has 0 unspecified atom stereocenters. The number of nitrogens with one attached hydrogen (secondary N) is 1. The topological polar surface area (TPSA) is 42.2 Å². The number of hydrogen-bond acceptors (Lipinski definition) is 3. The highest BCUT2D eigenvalue weighted by Gasteiger charge is 2.18. The molecule has 0 spiro atoms. The van der Waals surface area contributed by atoms with Gasteiger partial charge in [0, 0.05) is 11.1 Å². The molecule has 0 aliphatic heterocycles. The first-order chi connectivity index (χ1) is 20.3. The van der Waals surface area contributed by atoms with Crippen LogP contribution in [-0.4, -0.2) is 12.5 Å². The summed E-state index contributed by atoms with van der Waals surface area (Å²) >= 11 is 1.73. The molecule has 0 bridgehead atoms. The minimum atomic E-state index is -0.0207. The van der Waals surface area contributed by atoms with E-state index in [1.165, 1.54) is 81.1 Å². The van der Waals surface area contributed by atoms with E-state index in [0.717, 1.165) is 35.5 Å². The van der Waals surface area contributed by atoms with Crippen LogP contribution in [0.3, 0.4) is 0 Å². The molecule has 2 aromatic carbocycles. The maximum Gasteiger partial charge on any atom is 0.228 e. The predicted molar refractivity (Wildman–Crippen MR) is 179 cm³/mol. The van der Waals surface area contributed by atoms with E-state index in [1.807, 2.05) is 18.2 Å². The van der Waals surface area contributed by atoms with Crippen molar-refractivity contribution < 1.29 is 31.1 Å². The summed E-state index contributed by atoms with van der Waals surface area (Å²) in [6.45, 7) is 12.5. The summed E-state index contributed by atoms with van der Waals surface area (Å²) < 4.78 is 8.50. The SMILES string of the molecule is CCCCCCCCCCCCCCOc1cc(C(C)(C)C)ccc1CC(=O)Nc1ccccc1C[n+]1csc(C)c1.[Br-]. The highest BCUT2D eigenvalue weighted by molar-refractivity contribution is 7.09. The summed E-state index contributed by atoms with van der Waals surface area (Å²) in [5, 5.41) is 3.17. The lowest BCUT2D eigenvalue weighted by Gasteiger charge is -2.21. The molecule has 0 saturated carbocycles. The predicted octanol–water partition coefficient (Wildman–Crippen LogP) is 6.95. The maximum absolute atomic E-state index is 13.2. The van der Waals surface area contributed by atoms with E-state index in [-0.39, 0.29) is 34.7 Å². The van der Waals surface area contributed by atoms with E-state index in [4.69, 9.17) is 4.74 Å². The third-order valence-electron chi connectivity index (χ3n) is 7.91. The van der Waals surface area contributed by atoms with Gasteiger partial charge in [-0.1, -0.05) is 140 Å². The van der Waals surface area contributed by atoms with Crippen LogP contribution in [-0.2, 0) is 23.2 Å². The minimum Gasteiger partial charge on any atom is -1.00 e. The fourth-order valence-corrected chi connectivity index (χ4v) is 5.93. The Morgan fingerprint density at radius 1 is 0.860 bits per heavy atom. The third kappa shape index (κ3) is 14.0. The molecule has 3 aromatic rings. The Balaban J connectivity index is 0.00000645. The summed E-state index contributed by atoms with van der Waals surface area (Å²) in [5.41, 5.74) is 6.27. The summed E-state index contributed by atoms with van der Waals surface area (Å²) in [4.78, 5) is 14.5. The largest absolute Gasteiger partial charge is 1.00 e. The molecule has 6 heteroatoms. The highest BCUT2D eigenvalue weighted by atomic mass is 79.9. The lowest BCUT2D eigenvalue weighted by atomic mass is 9.86. The Kier molecular flexibility index (Phi) is 17.2. The smallest absolute Gasteiger partial charge is 0.228 e. The van der Waals surface area contributed by atoms with Gasteiger partial charge in [0.05, 0.1) is 23.6 Å². The van der Waals surface area contributed by atoms with E-state index in [9.17, 15) is 4.79 Å². The number of aryl methyl sites for hydroxylation is 1. The summed E-state index contributed by atoms with van der Waals surface area (Å²) in [6, 6.07) is 14.4. The number of carbonyl (C=O) groups is 1. The van der Waals surface area contributed by atoms with Crippen molar-refractivity contribution in [3.05, 3.63) is 75.7 Å². The van der Waals surface area contributed by atoms with Crippen molar-refractivity contribution in [3.8, 4) is 5.75 Å². The van der Waals surface area contributed by atoms with Gasteiger partial charge in [0.15, 0.2) is 12.7 Å². The molecule has 238 valence electrons. The molecule has 4 nitrogen and oxygen atoms in total. The zero-order chi connectivity index (χ0) is 30.2. The van der Waals surface area contributed by atoms with E-state index in [2.05, 4.69) is 80.5 Å². The maximum atomic E-state index is 13.2. The van der Waals surface area contributed by atoms with E-state index >= 15 is 0 Å². The van der Waals surface area contributed by atoms with Gasteiger partial charge in [-0.15, -0.1) is 0 Å². The van der Waals surface area contributed by atoms with E-state index < -0.39 is 0 Å². The average Bonchev–Trinajstić information content (AvgIpc) is 3.36. The first-order valence-corrected chi connectivity index (χ1v) is 17.2. The number of amides is 1. The summed E-state index contributed by atoms with van der Waals surface area (Å²) in [5.74, 6) is 0.825. The second-order valence-corrected chi connectivity index (χ2v) is 13.9. The van der Waals surface area contributed by atoms with Gasteiger partial charge in [-0.2, -0.15) is 4.57 Å². The second kappa shape index (κ2) is 20.0. The quantitative estimate of drug-likeness (QED) is 0.111. The zero-order valence-corrected chi connectivity index (χ0v) is 29.8. The van der Waals surface area contributed by atoms with Crippen molar-refractivity contribution in [3.63, 3.8) is 0 Å². The molecule has 43 heavy (non-hydrogen) atoms. The number of benzene rings is 2.